The Hall–Kier alpha value is -2.58. The van der Waals surface area contributed by atoms with Gasteiger partial charge in [-0.2, -0.15) is 0 Å². The van der Waals surface area contributed by atoms with Crippen molar-refractivity contribution in [1.82, 2.24) is 4.57 Å². The number of aliphatic hydroxyl groups is 1. The fourth-order valence-electron chi connectivity index (χ4n) is 3.36. The van der Waals surface area contributed by atoms with E-state index in [1.54, 1.807) is 0 Å². The molecule has 1 unspecified atom stereocenters. The highest BCUT2D eigenvalue weighted by Gasteiger charge is 2.15. The number of nitrogens with zero attached hydrogens (tertiary/aromatic N) is 1. The van der Waals surface area contributed by atoms with Crippen LogP contribution < -0.4 is 0 Å². The average molecular weight is 345 g/mol. The van der Waals surface area contributed by atoms with Gasteiger partial charge in [0.2, 0.25) is 0 Å². The van der Waals surface area contributed by atoms with E-state index in [9.17, 15) is 5.11 Å². The lowest BCUT2D eigenvalue weighted by Gasteiger charge is -2.15. The van der Waals surface area contributed by atoms with Crippen molar-refractivity contribution in [2.24, 2.45) is 0 Å². The molecule has 2 nitrogen and oxygen atoms in total. The molecule has 0 radical (unpaired) electrons. The molecule has 0 aliphatic heterocycles. The minimum atomic E-state index is -0.439. The SMILES string of the molecule is CCCCCC(O)n1c2ccccc2c2ccccc21.c1ccccc1. The Balaban J connectivity index is 0.000000278. The van der Waals surface area contributed by atoms with Crippen molar-refractivity contribution in [1.29, 1.82) is 0 Å². The number of hydrogen-bond donors (Lipinski definition) is 1. The number of rotatable bonds is 5. The van der Waals surface area contributed by atoms with Crippen LogP contribution in [0, 0.1) is 0 Å². The van der Waals surface area contributed by atoms with Gasteiger partial charge >= 0.3 is 0 Å². The first kappa shape index (κ1) is 18.2. The van der Waals surface area contributed by atoms with Gasteiger partial charge in [0.15, 0.2) is 0 Å². The van der Waals surface area contributed by atoms with Gasteiger partial charge in [-0.15, -0.1) is 0 Å². The van der Waals surface area contributed by atoms with E-state index < -0.39 is 6.23 Å². The van der Waals surface area contributed by atoms with Gasteiger partial charge in [0, 0.05) is 10.8 Å². The Morgan fingerprint density at radius 3 is 1.62 bits per heavy atom. The summed E-state index contributed by atoms with van der Waals surface area (Å²) >= 11 is 0. The first-order chi connectivity index (χ1) is 12.8. The van der Waals surface area contributed by atoms with Crippen LogP contribution in [0.4, 0.5) is 0 Å². The van der Waals surface area contributed by atoms with Gasteiger partial charge in [-0.05, 0) is 25.0 Å². The Bertz CT molecular complexity index is 847. The van der Waals surface area contributed by atoms with Gasteiger partial charge in [-0.3, -0.25) is 0 Å². The first-order valence-electron chi connectivity index (χ1n) is 9.48. The lowest BCUT2D eigenvalue weighted by Crippen LogP contribution is -2.07. The molecule has 1 N–H and O–H groups in total. The Morgan fingerprint density at radius 2 is 1.15 bits per heavy atom. The maximum absolute atomic E-state index is 10.6. The van der Waals surface area contributed by atoms with E-state index >= 15 is 0 Å². The molecule has 0 aliphatic carbocycles. The lowest BCUT2D eigenvalue weighted by molar-refractivity contribution is 0.100. The predicted molar refractivity (Wildman–Crippen MR) is 111 cm³/mol. The monoisotopic (exact) mass is 345 g/mol. The highest BCUT2D eigenvalue weighted by Crippen LogP contribution is 2.32. The molecule has 3 aromatic carbocycles. The number of para-hydroxylation sites is 2. The van der Waals surface area contributed by atoms with Crippen LogP contribution in [0.15, 0.2) is 84.9 Å². The Labute approximate surface area is 155 Å². The summed E-state index contributed by atoms with van der Waals surface area (Å²) in [5, 5.41) is 13.0. The third-order valence-electron chi connectivity index (χ3n) is 4.65. The summed E-state index contributed by atoms with van der Waals surface area (Å²) in [6.45, 7) is 2.19. The summed E-state index contributed by atoms with van der Waals surface area (Å²) in [5.41, 5.74) is 2.25. The third-order valence-corrected chi connectivity index (χ3v) is 4.65. The van der Waals surface area contributed by atoms with E-state index in [0.29, 0.717) is 0 Å². The standard InChI is InChI=1S/C18H21NO.C6H6/c1-2-3-4-13-18(20)19-16-11-7-5-9-14(16)15-10-6-8-12-17(15)19;1-2-4-6-5-3-1/h5-12,18,20H,2-4,13H2,1H3;1-6H. The van der Waals surface area contributed by atoms with Crippen LogP contribution in [-0.4, -0.2) is 9.67 Å². The van der Waals surface area contributed by atoms with E-state index in [0.717, 1.165) is 23.9 Å². The quantitative estimate of drug-likeness (QED) is 0.407. The van der Waals surface area contributed by atoms with Gasteiger partial charge in [0.05, 0.1) is 11.0 Å². The number of hydrogen-bond acceptors (Lipinski definition) is 1. The van der Waals surface area contributed by atoms with E-state index in [1.807, 2.05) is 48.5 Å². The van der Waals surface area contributed by atoms with Crippen LogP contribution >= 0.6 is 0 Å². The minimum Gasteiger partial charge on any atom is -0.373 e. The maximum atomic E-state index is 10.6. The molecule has 0 aliphatic rings. The van der Waals surface area contributed by atoms with Crippen molar-refractivity contribution < 1.29 is 5.11 Å². The fraction of sp³-hybridized carbons (Fsp3) is 0.250. The van der Waals surface area contributed by atoms with Gasteiger partial charge < -0.3 is 9.67 Å². The predicted octanol–water partition coefficient (Wildman–Crippen LogP) is 6.55. The topological polar surface area (TPSA) is 25.2 Å². The number of fused-ring (bicyclic) bond motifs is 3. The zero-order valence-electron chi connectivity index (χ0n) is 15.4. The molecular formula is C24H27NO. The third kappa shape index (κ3) is 4.14. The summed E-state index contributed by atoms with van der Waals surface area (Å²) in [4.78, 5) is 0. The highest BCUT2D eigenvalue weighted by atomic mass is 16.3. The fourth-order valence-corrected chi connectivity index (χ4v) is 3.36. The van der Waals surface area contributed by atoms with Crippen molar-refractivity contribution in [3.8, 4) is 0 Å². The Morgan fingerprint density at radius 1 is 0.692 bits per heavy atom. The number of aliphatic hydroxyl groups excluding tert-OH is 1. The molecule has 26 heavy (non-hydrogen) atoms. The summed E-state index contributed by atoms with van der Waals surface area (Å²) in [6.07, 6.45) is 3.80. The van der Waals surface area contributed by atoms with Crippen molar-refractivity contribution in [2.75, 3.05) is 0 Å². The molecule has 1 heterocycles. The molecule has 0 amide bonds. The average Bonchev–Trinajstić information content (AvgIpc) is 3.04. The number of benzene rings is 3. The minimum absolute atomic E-state index is 0.439. The zero-order valence-corrected chi connectivity index (χ0v) is 15.4. The second kappa shape index (κ2) is 9.21. The largest absolute Gasteiger partial charge is 0.373 e. The van der Waals surface area contributed by atoms with Crippen LogP contribution in [-0.2, 0) is 0 Å². The molecule has 0 saturated carbocycles. The van der Waals surface area contributed by atoms with Crippen molar-refractivity contribution in [3.05, 3.63) is 84.9 Å². The van der Waals surface area contributed by atoms with Crippen LogP contribution in [0.3, 0.4) is 0 Å². The molecule has 0 fully saturated rings. The van der Waals surface area contributed by atoms with Crippen molar-refractivity contribution in [2.45, 2.75) is 38.8 Å². The second-order valence-electron chi connectivity index (χ2n) is 6.54. The Kier molecular flexibility index (Phi) is 6.45. The first-order valence-corrected chi connectivity index (χ1v) is 9.48. The summed E-state index contributed by atoms with van der Waals surface area (Å²) in [7, 11) is 0. The normalized spacial score (nSPS) is 11.9. The van der Waals surface area contributed by atoms with E-state index in [2.05, 4.69) is 47.9 Å². The van der Waals surface area contributed by atoms with Crippen molar-refractivity contribution >= 4 is 21.8 Å². The van der Waals surface area contributed by atoms with Crippen LogP contribution in [0.25, 0.3) is 21.8 Å². The molecule has 4 aromatic rings. The van der Waals surface area contributed by atoms with Crippen molar-refractivity contribution in [3.63, 3.8) is 0 Å². The lowest BCUT2D eigenvalue weighted by atomic mass is 10.2. The molecule has 2 heteroatoms. The van der Waals surface area contributed by atoms with Gasteiger partial charge in [-0.1, -0.05) is 92.6 Å². The molecule has 1 aromatic heterocycles. The zero-order chi connectivity index (χ0) is 18.2. The van der Waals surface area contributed by atoms with Gasteiger partial charge in [0.1, 0.15) is 6.23 Å². The van der Waals surface area contributed by atoms with E-state index in [-0.39, 0.29) is 0 Å². The molecule has 0 saturated heterocycles. The smallest absolute Gasteiger partial charge is 0.131 e. The molecule has 0 bridgehead atoms. The molecule has 134 valence electrons. The van der Waals surface area contributed by atoms with Gasteiger partial charge in [-0.25, -0.2) is 0 Å². The molecule has 4 rings (SSSR count). The maximum Gasteiger partial charge on any atom is 0.131 e. The molecule has 1 atom stereocenters. The van der Waals surface area contributed by atoms with E-state index in [4.69, 9.17) is 0 Å². The van der Waals surface area contributed by atoms with Gasteiger partial charge in [0.25, 0.3) is 0 Å². The van der Waals surface area contributed by atoms with E-state index in [1.165, 1.54) is 23.6 Å². The molecule has 0 spiro atoms. The number of unbranched alkanes of at least 4 members (excludes halogenated alkanes) is 2. The summed E-state index contributed by atoms with van der Waals surface area (Å²) in [5.74, 6) is 0. The summed E-state index contributed by atoms with van der Waals surface area (Å²) in [6, 6.07) is 28.6. The highest BCUT2D eigenvalue weighted by molar-refractivity contribution is 6.08. The van der Waals surface area contributed by atoms with Crippen LogP contribution in [0.1, 0.15) is 38.8 Å². The van der Waals surface area contributed by atoms with Crippen LogP contribution in [0.2, 0.25) is 0 Å². The number of aromatic nitrogens is 1. The summed E-state index contributed by atoms with van der Waals surface area (Å²) < 4.78 is 2.08. The second-order valence-corrected chi connectivity index (χ2v) is 6.54. The van der Waals surface area contributed by atoms with Crippen LogP contribution in [0.5, 0.6) is 0 Å². The molecular weight excluding hydrogens is 318 g/mol.